The second kappa shape index (κ2) is 8.40. The third kappa shape index (κ3) is 4.04. The summed E-state index contributed by atoms with van der Waals surface area (Å²) in [6, 6.07) is 18.8. The van der Waals surface area contributed by atoms with E-state index in [0.29, 0.717) is 17.9 Å². The molecule has 0 saturated heterocycles. The van der Waals surface area contributed by atoms with Crippen molar-refractivity contribution in [3.8, 4) is 17.5 Å². The topological polar surface area (TPSA) is 71.2 Å². The fourth-order valence-electron chi connectivity index (χ4n) is 2.98. The van der Waals surface area contributed by atoms with Crippen LogP contribution in [0, 0.1) is 25.2 Å². The van der Waals surface area contributed by atoms with Crippen LogP contribution in [0.2, 0.25) is 0 Å². The smallest absolute Gasteiger partial charge is 0.260 e. The van der Waals surface area contributed by atoms with Crippen molar-refractivity contribution in [2.24, 2.45) is 0 Å². The van der Waals surface area contributed by atoms with E-state index in [1.165, 1.54) is 0 Å². The standard InChI is InChI=1S/C22H22N4O2/c1-16-20(17(2)26(24-16)19-10-5-4-6-11-19)14-25(3)22(27)15-28-21-12-8-7-9-18(21)13-23/h4-12H,14-15H2,1-3H3. The Hall–Kier alpha value is -3.59. The van der Waals surface area contributed by atoms with Crippen molar-refractivity contribution in [2.75, 3.05) is 13.7 Å². The van der Waals surface area contributed by atoms with Gasteiger partial charge in [0, 0.05) is 24.8 Å². The minimum absolute atomic E-state index is 0.125. The Bertz CT molecular complexity index is 1020. The Morgan fingerprint density at radius 2 is 1.82 bits per heavy atom. The molecule has 6 heteroatoms. The first-order chi connectivity index (χ1) is 13.5. The van der Waals surface area contributed by atoms with Crippen LogP contribution in [-0.4, -0.2) is 34.2 Å². The van der Waals surface area contributed by atoms with Crippen molar-refractivity contribution >= 4 is 5.91 Å². The van der Waals surface area contributed by atoms with Gasteiger partial charge in [0.25, 0.3) is 5.91 Å². The van der Waals surface area contributed by atoms with Crippen molar-refractivity contribution in [2.45, 2.75) is 20.4 Å². The molecular weight excluding hydrogens is 352 g/mol. The number of nitriles is 1. The summed E-state index contributed by atoms with van der Waals surface area (Å²) in [7, 11) is 1.74. The molecule has 0 radical (unpaired) electrons. The van der Waals surface area contributed by atoms with Gasteiger partial charge in [-0.25, -0.2) is 4.68 Å². The van der Waals surface area contributed by atoms with Crippen molar-refractivity contribution in [3.63, 3.8) is 0 Å². The van der Waals surface area contributed by atoms with Gasteiger partial charge in [-0.15, -0.1) is 0 Å². The number of aromatic nitrogens is 2. The van der Waals surface area contributed by atoms with Crippen LogP contribution in [0.3, 0.4) is 0 Å². The molecule has 1 aromatic heterocycles. The van der Waals surface area contributed by atoms with E-state index in [2.05, 4.69) is 11.2 Å². The molecule has 1 heterocycles. The Balaban J connectivity index is 1.69. The zero-order valence-electron chi connectivity index (χ0n) is 16.2. The summed E-state index contributed by atoms with van der Waals surface area (Å²) >= 11 is 0. The molecule has 0 N–H and O–H groups in total. The molecule has 6 nitrogen and oxygen atoms in total. The number of carbonyl (C=O) groups excluding carboxylic acids is 1. The van der Waals surface area contributed by atoms with Gasteiger partial charge < -0.3 is 9.64 Å². The van der Waals surface area contributed by atoms with Crippen LogP contribution in [-0.2, 0) is 11.3 Å². The number of benzene rings is 2. The summed E-state index contributed by atoms with van der Waals surface area (Å²) in [6.45, 7) is 4.26. The van der Waals surface area contributed by atoms with Gasteiger partial charge in [0.2, 0.25) is 0 Å². The second-order valence-corrected chi connectivity index (χ2v) is 6.54. The molecule has 0 saturated carbocycles. The number of hydrogen-bond acceptors (Lipinski definition) is 4. The van der Waals surface area contributed by atoms with Gasteiger partial charge in [-0.3, -0.25) is 4.79 Å². The Kier molecular flexibility index (Phi) is 5.75. The summed E-state index contributed by atoms with van der Waals surface area (Å²) in [4.78, 5) is 14.1. The summed E-state index contributed by atoms with van der Waals surface area (Å²) in [5.74, 6) is 0.245. The molecule has 2 aromatic carbocycles. The molecule has 3 rings (SSSR count). The van der Waals surface area contributed by atoms with E-state index in [1.807, 2.05) is 48.9 Å². The predicted octanol–water partition coefficient (Wildman–Crippen LogP) is 3.40. The quantitative estimate of drug-likeness (QED) is 0.663. The highest BCUT2D eigenvalue weighted by molar-refractivity contribution is 5.77. The number of carbonyl (C=O) groups is 1. The van der Waals surface area contributed by atoms with Gasteiger partial charge in [-0.1, -0.05) is 30.3 Å². The van der Waals surface area contributed by atoms with Crippen molar-refractivity contribution in [1.29, 1.82) is 5.26 Å². The number of ether oxygens (including phenoxy) is 1. The van der Waals surface area contributed by atoms with Crippen LogP contribution < -0.4 is 4.74 Å². The van der Waals surface area contributed by atoms with Crippen LogP contribution in [0.4, 0.5) is 0 Å². The number of aryl methyl sites for hydroxylation is 1. The lowest BCUT2D eigenvalue weighted by Gasteiger charge is -2.18. The van der Waals surface area contributed by atoms with Crippen molar-refractivity contribution < 1.29 is 9.53 Å². The largest absolute Gasteiger partial charge is 0.482 e. The Labute approximate surface area is 164 Å². The molecule has 0 aliphatic rings. The predicted molar refractivity (Wildman–Crippen MR) is 106 cm³/mol. The number of rotatable bonds is 6. The first kappa shape index (κ1) is 19.2. The summed E-state index contributed by atoms with van der Waals surface area (Å²) < 4.78 is 7.44. The van der Waals surface area contributed by atoms with Crippen molar-refractivity contribution in [1.82, 2.24) is 14.7 Å². The number of nitrogens with zero attached hydrogens (tertiary/aromatic N) is 4. The summed E-state index contributed by atoms with van der Waals surface area (Å²) in [6.07, 6.45) is 0. The molecule has 0 unspecified atom stereocenters. The van der Waals surface area contributed by atoms with Crippen LogP contribution in [0.5, 0.6) is 5.75 Å². The first-order valence-corrected chi connectivity index (χ1v) is 8.97. The van der Waals surface area contributed by atoms with E-state index >= 15 is 0 Å². The number of para-hydroxylation sites is 2. The molecule has 0 fully saturated rings. The number of likely N-dealkylation sites (N-methyl/N-ethyl adjacent to an activating group) is 1. The van der Waals surface area contributed by atoms with E-state index in [9.17, 15) is 4.79 Å². The molecule has 0 bridgehead atoms. The van der Waals surface area contributed by atoms with Gasteiger partial charge in [-0.2, -0.15) is 10.4 Å². The minimum atomic E-state index is -0.168. The lowest BCUT2D eigenvalue weighted by molar-refractivity contribution is -0.132. The highest BCUT2D eigenvalue weighted by Crippen LogP contribution is 2.20. The maximum Gasteiger partial charge on any atom is 0.260 e. The van der Waals surface area contributed by atoms with Crippen LogP contribution in [0.25, 0.3) is 5.69 Å². The molecular formula is C22H22N4O2. The van der Waals surface area contributed by atoms with E-state index in [-0.39, 0.29) is 12.5 Å². The lowest BCUT2D eigenvalue weighted by atomic mass is 10.2. The molecule has 0 atom stereocenters. The molecule has 3 aromatic rings. The third-order valence-electron chi connectivity index (χ3n) is 4.62. The highest BCUT2D eigenvalue weighted by Gasteiger charge is 2.18. The van der Waals surface area contributed by atoms with E-state index in [1.54, 1.807) is 36.2 Å². The van der Waals surface area contributed by atoms with E-state index in [0.717, 1.165) is 22.6 Å². The molecule has 0 spiro atoms. The number of hydrogen-bond donors (Lipinski definition) is 0. The zero-order valence-corrected chi connectivity index (χ0v) is 16.2. The second-order valence-electron chi connectivity index (χ2n) is 6.54. The normalized spacial score (nSPS) is 10.4. The van der Waals surface area contributed by atoms with Gasteiger partial charge in [0.1, 0.15) is 11.8 Å². The van der Waals surface area contributed by atoms with E-state index in [4.69, 9.17) is 10.00 Å². The fourth-order valence-corrected chi connectivity index (χ4v) is 2.98. The zero-order chi connectivity index (χ0) is 20.1. The molecule has 0 aliphatic carbocycles. The maximum absolute atomic E-state index is 12.5. The number of amides is 1. The minimum Gasteiger partial charge on any atom is -0.482 e. The highest BCUT2D eigenvalue weighted by atomic mass is 16.5. The third-order valence-corrected chi connectivity index (χ3v) is 4.62. The fraction of sp³-hybridized carbons (Fsp3) is 0.227. The van der Waals surface area contributed by atoms with Gasteiger partial charge in [0.05, 0.1) is 16.9 Å². The Morgan fingerprint density at radius 3 is 2.54 bits per heavy atom. The Morgan fingerprint density at radius 1 is 1.14 bits per heavy atom. The molecule has 1 amide bonds. The van der Waals surface area contributed by atoms with E-state index < -0.39 is 0 Å². The average molecular weight is 374 g/mol. The summed E-state index contributed by atoms with van der Waals surface area (Å²) in [5.41, 5.74) is 4.29. The average Bonchev–Trinajstić information content (AvgIpc) is 3.01. The summed E-state index contributed by atoms with van der Waals surface area (Å²) in [5, 5.41) is 13.7. The molecule has 0 aliphatic heterocycles. The van der Waals surface area contributed by atoms with Crippen LogP contribution in [0.1, 0.15) is 22.5 Å². The SMILES string of the molecule is Cc1nn(-c2ccccc2)c(C)c1CN(C)C(=O)COc1ccccc1C#N. The first-order valence-electron chi connectivity index (χ1n) is 8.97. The van der Waals surface area contributed by atoms with Crippen LogP contribution >= 0.6 is 0 Å². The van der Waals surface area contributed by atoms with Crippen molar-refractivity contribution in [3.05, 3.63) is 77.1 Å². The van der Waals surface area contributed by atoms with Gasteiger partial charge in [-0.05, 0) is 38.1 Å². The molecule has 142 valence electrons. The van der Waals surface area contributed by atoms with Crippen LogP contribution in [0.15, 0.2) is 54.6 Å². The van der Waals surface area contributed by atoms with Gasteiger partial charge in [0.15, 0.2) is 6.61 Å². The maximum atomic E-state index is 12.5. The van der Waals surface area contributed by atoms with Gasteiger partial charge >= 0.3 is 0 Å². The monoisotopic (exact) mass is 374 g/mol. The molecule has 28 heavy (non-hydrogen) atoms. The lowest BCUT2D eigenvalue weighted by Crippen LogP contribution is -2.31.